The van der Waals surface area contributed by atoms with Crippen molar-refractivity contribution >= 4 is 33.4 Å². The van der Waals surface area contributed by atoms with Crippen LogP contribution in [0.5, 0.6) is 0 Å². The summed E-state index contributed by atoms with van der Waals surface area (Å²) in [5.41, 5.74) is 1.66. The second-order valence-electron chi connectivity index (χ2n) is 4.69. The van der Waals surface area contributed by atoms with E-state index in [4.69, 9.17) is 0 Å². The monoisotopic (exact) mass is 364 g/mol. The van der Waals surface area contributed by atoms with Gasteiger partial charge in [0, 0.05) is 17.1 Å². The van der Waals surface area contributed by atoms with Crippen LogP contribution in [-0.4, -0.2) is 18.9 Å². The molecule has 114 valence electrons. The van der Waals surface area contributed by atoms with E-state index in [0.717, 1.165) is 11.6 Å². The van der Waals surface area contributed by atoms with Gasteiger partial charge < -0.3 is 10.6 Å². The summed E-state index contributed by atoms with van der Waals surface area (Å²) in [4.78, 5) is 24.2. The lowest BCUT2D eigenvalue weighted by molar-refractivity contribution is 0.0963. The van der Waals surface area contributed by atoms with Gasteiger partial charge in [-0.1, -0.05) is 28.1 Å². The van der Waals surface area contributed by atoms with Gasteiger partial charge in [0.1, 0.15) is 5.82 Å². The Morgan fingerprint density at radius 3 is 2.50 bits per heavy atom. The zero-order chi connectivity index (χ0) is 16.3. The molecule has 2 rings (SSSR count). The van der Waals surface area contributed by atoms with E-state index in [1.807, 2.05) is 0 Å². The van der Waals surface area contributed by atoms with Gasteiger partial charge in [0.05, 0.1) is 11.3 Å². The molecule has 0 saturated heterocycles. The van der Waals surface area contributed by atoms with Gasteiger partial charge in [0.15, 0.2) is 0 Å². The van der Waals surface area contributed by atoms with Crippen LogP contribution < -0.4 is 10.6 Å². The number of carbonyl (C=O) groups is 2. The number of carbonyl (C=O) groups excluding carboxylic acids is 2. The minimum atomic E-state index is -0.518. The third-order valence-electron chi connectivity index (χ3n) is 3.10. The minimum Gasteiger partial charge on any atom is -0.355 e. The molecule has 0 spiro atoms. The lowest BCUT2D eigenvalue weighted by atomic mass is 10.1. The van der Waals surface area contributed by atoms with Gasteiger partial charge in [-0.05, 0) is 36.8 Å². The molecule has 2 aromatic rings. The maximum absolute atomic E-state index is 13.4. The van der Waals surface area contributed by atoms with Gasteiger partial charge in [-0.3, -0.25) is 9.59 Å². The van der Waals surface area contributed by atoms with Crippen molar-refractivity contribution in [3.8, 4) is 0 Å². The first-order chi connectivity index (χ1) is 10.4. The first kappa shape index (κ1) is 16.2. The van der Waals surface area contributed by atoms with E-state index in [0.29, 0.717) is 15.7 Å². The Hall–Kier alpha value is -2.21. The molecule has 0 atom stereocenters. The highest BCUT2D eigenvalue weighted by atomic mass is 79.9. The van der Waals surface area contributed by atoms with E-state index in [2.05, 4.69) is 26.6 Å². The number of hydrogen-bond donors (Lipinski definition) is 2. The maximum atomic E-state index is 13.4. The molecule has 0 bridgehead atoms. The molecule has 0 unspecified atom stereocenters. The quantitative estimate of drug-likeness (QED) is 0.875. The second kappa shape index (κ2) is 6.70. The van der Waals surface area contributed by atoms with Crippen molar-refractivity contribution in [2.75, 3.05) is 12.4 Å². The number of hydrogen-bond acceptors (Lipinski definition) is 2. The van der Waals surface area contributed by atoms with E-state index < -0.39 is 11.7 Å². The summed E-state index contributed by atoms with van der Waals surface area (Å²) in [6.45, 7) is 1.78. The fourth-order valence-electron chi connectivity index (χ4n) is 2.08. The third-order valence-corrected chi connectivity index (χ3v) is 3.56. The van der Waals surface area contributed by atoms with Gasteiger partial charge in [-0.25, -0.2) is 4.39 Å². The highest BCUT2D eigenvalue weighted by molar-refractivity contribution is 9.10. The fourth-order valence-corrected chi connectivity index (χ4v) is 2.54. The Morgan fingerprint density at radius 1 is 1.14 bits per heavy atom. The molecule has 0 aromatic heterocycles. The summed E-state index contributed by atoms with van der Waals surface area (Å²) in [5, 5.41) is 5.19. The van der Waals surface area contributed by atoms with Crippen LogP contribution >= 0.6 is 15.9 Å². The Morgan fingerprint density at radius 2 is 1.86 bits per heavy atom. The molecule has 6 heteroatoms. The summed E-state index contributed by atoms with van der Waals surface area (Å²) >= 11 is 3.14. The fraction of sp³-hybridized carbons (Fsp3) is 0.125. The van der Waals surface area contributed by atoms with Crippen molar-refractivity contribution in [1.29, 1.82) is 0 Å². The van der Waals surface area contributed by atoms with E-state index in [1.165, 1.54) is 19.2 Å². The van der Waals surface area contributed by atoms with Crippen LogP contribution in [0.4, 0.5) is 10.1 Å². The lowest BCUT2D eigenvalue weighted by Gasteiger charge is -2.12. The van der Waals surface area contributed by atoms with Crippen LogP contribution in [0.2, 0.25) is 0 Å². The largest absolute Gasteiger partial charge is 0.355 e. The van der Waals surface area contributed by atoms with Crippen LogP contribution in [0, 0.1) is 12.7 Å². The number of aryl methyl sites for hydroxylation is 1. The molecule has 2 aromatic carbocycles. The van der Waals surface area contributed by atoms with Crippen molar-refractivity contribution in [2.24, 2.45) is 0 Å². The Bertz CT molecular complexity index is 727. The van der Waals surface area contributed by atoms with Crippen molar-refractivity contribution in [1.82, 2.24) is 5.32 Å². The van der Waals surface area contributed by atoms with Crippen LogP contribution in [0.1, 0.15) is 26.3 Å². The normalized spacial score (nSPS) is 10.2. The van der Waals surface area contributed by atoms with E-state index in [1.54, 1.807) is 25.1 Å². The smallest absolute Gasteiger partial charge is 0.255 e. The molecule has 0 radical (unpaired) electrons. The van der Waals surface area contributed by atoms with Gasteiger partial charge >= 0.3 is 0 Å². The number of benzene rings is 2. The predicted octanol–water partition coefficient (Wildman–Crippen LogP) is 3.51. The third kappa shape index (κ3) is 3.51. The number of amides is 2. The number of nitrogens with one attached hydrogen (secondary N) is 2. The molecule has 2 amide bonds. The van der Waals surface area contributed by atoms with Crippen LogP contribution in [0.3, 0.4) is 0 Å². The Labute approximate surface area is 135 Å². The number of rotatable bonds is 3. The van der Waals surface area contributed by atoms with Crippen molar-refractivity contribution in [3.63, 3.8) is 0 Å². The standard InChI is InChI=1S/C16H14BrFN2O2/c1-9-4-3-5-13(14(9)16(22)19-2)20-15(21)10-6-11(17)8-12(18)7-10/h3-8H,1-2H3,(H,19,22)(H,20,21). The SMILES string of the molecule is CNC(=O)c1c(C)cccc1NC(=O)c1cc(F)cc(Br)c1. The molecular weight excluding hydrogens is 351 g/mol. The van der Waals surface area contributed by atoms with Crippen LogP contribution in [0.15, 0.2) is 40.9 Å². The highest BCUT2D eigenvalue weighted by Gasteiger charge is 2.16. The molecule has 0 fully saturated rings. The van der Waals surface area contributed by atoms with Crippen molar-refractivity contribution < 1.29 is 14.0 Å². The summed E-state index contributed by atoms with van der Waals surface area (Å²) in [5.74, 6) is -1.31. The second-order valence-corrected chi connectivity index (χ2v) is 5.60. The van der Waals surface area contributed by atoms with Gasteiger partial charge in [0.25, 0.3) is 11.8 Å². The minimum absolute atomic E-state index is 0.163. The number of halogens is 2. The predicted molar refractivity (Wildman–Crippen MR) is 86.6 cm³/mol. The summed E-state index contributed by atoms with van der Waals surface area (Å²) < 4.78 is 13.8. The van der Waals surface area contributed by atoms with E-state index >= 15 is 0 Å². The molecule has 0 aliphatic heterocycles. The zero-order valence-corrected chi connectivity index (χ0v) is 13.6. The van der Waals surface area contributed by atoms with E-state index in [9.17, 15) is 14.0 Å². The topological polar surface area (TPSA) is 58.2 Å². The average Bonchev–Trinajstić information content (AvgIpc) is 2.45. The summed E-state index contributed by atoms with van der Waals surface area (Å²) in [7, 11) is 1.52. The first-order valence-corrected chi connectivity index (χ1v) is 7.31. The van der Waals surface area contributed by atoms with Gasteiger partial charge in [0.2, 0.25) is 0 Å². The molecule has 0 saturated carbocycles. The molecular formula is C16H14BrFN2O2. The number of anilines is 1. The molecule has 0 heterocycles. The molecule has 0 aliphatic carbocycles. The van der Waals surface area contributed by atoms with Crippen molar-refractivity contribution in [3.05, 3.63) is 63.4 Å². The molecule has 0 aliphatic rings. The van der Waals surface area contributed by atoms with Gasteiger partial charge in [-0.15, -0.1) is 0 Å². The first-order valence-electron chi connectivity index (χ1n) is 6.51. The van der Waals surface area contributed by atoms with Gasteiger partial charge in [-0.2, -0.15) is 0 Å². The average molecular weight is 365 g/mol. The lowest BCUT2D eigenvalue weighted by Crippen LogP contribution is -2.22. The Kier molecular flexibility index (Phi) is 4.92. The van der Waals surface area contributed by atoms with Crippen LogP contribution in [-0.2, 0) is 0 Å². The van der Waals surface area contributed by atoms with Crippen molar-refractivity contribution in [2.45, 2.75) is 6.92 Å². The van der Waals surface area contributed by atoms with E-state index in [-0.39, 0.29) is 11.5 Å². The van der Waals surface area contributed by atoms with Crippen LogP contribution in [0.25, 0.3) is 0 Å². The summed E-state index contributed by atoms with van der Waals surface area (Å²) in [6.07, 6.45) is 0. The molecule has 4 nitrogen and oxygen atoms in total. The maximum Gasteiger partial charge on any atom is 0.255 e. The highest BCUT2D eigenvalue weighted by Crippen LogP contribution is 2.21. The molecule has 2 N–H and O–H groups in total. The zero-order valence-electron chi connectivity index (χ0n) is 12.0. The summed E-state index contributed by atoms with van der Waals surface area (Å²) in [6, 6.07) is 9.05. The Balaban J connectivity index is 2.36. The molecule has 22 heavy (non-hydrogen) atoms.